The standard InChI is InChI=1S/C18H22N4O4/c1-13-19-17(26-20-13)14-5-6-18(25-14)7-10-21(11-8-18)16(24)12-22-9-3-2-4-15(22)23/h2-4,9,14H,5-8,10-12H2,1H3. The topological polar surface area (TPSA) is 90.5 Å². The second kappa shape index (κ2) is 6.68. The zero-order valence-corrected chi connectivity index (χ0v) is 14.8. The first-order valence-electron chi connectivity index (χ1n) is 8.96. The SMILES string of the molecule is Cc1noc(C2CCC3(CCN(C(=O)Cn4ccccc4=O)CC3)O2)n1. The summed E-state index contributed by atoms with van der Waals surface area (Å²) in [5.74, 6) is 1.12. The summed E-state index contributed by atoms with van der Waals surface area (Å²) in [7, 11) is 0. The number of carbonyl (C=O) groups is 1. The van der Waals surface area contributed by atoms with Gasteiger partial charge in [0, 0.05) is 25.4 Å². The van der Waals surface area contributed by atoms with E-state index in [1.807, 2.05) is 4.90 Å². The molecule has 138 valence electrons. The number of amides is 1. The number of carbonyl (C=O) groups excluding carboxylic acids is 1. The fraction of sp³-hybridized carbons (Fsp3) is 0.556. The molecule has 0 saturated carbocycles. The molecule has 0 N–H and O–H groups in total. The minimum Gasteiger partial charge on any atom is -0.362 e. The van der Waals surface area contributed by atoms with E-state index in [9.17, 15) is 9.59 Å². The molecular weight excluding hydrogens is 336 g/mol. The summed E-state index contributed by atoms with van der Waals surface area (Å²) in [5, 5.41) is 3.83. The molecule has 4 heterocycles. The van der Waals surface area contributed by atoms with Crippen molar-refractivity contribution in [3.05, 3.63) is 46.5 Å². The number of aryl methyl sites for hydroxylation is 1. The molecule has 2 saturated heterocycles. The van der Waals surface area contributed by atoms with Crippen molar-refractivity contribution in [3.63, 3.8) is 0 Å². The molecule has 2 aromatic rings. The fourth-order valence-electron chi connectivity index (χ4n) is 3.80. The van der Waals surface area contributed by atoms with Crippen molar-refractivity contribution in [1.29, 1.82) is 0 Å². The highest BCUT2D eigenvalue weighted by molar-refractivity contribution is 5.76. The van der Waals surface area contributed by atoms with Crippen LogP contribution in [0.4, 0.5) is 0 Å². The van der Waals surface area contributed by atoms with Crippen molar-refractivity contribution in [1.82, 2.24) is 19.6 Å². The average Bonchev–Trinajstić information content (AvgIpc) is 3.24. The number of hydrogen-bond acceptors (Lipinski definition) is 6. The predicted octanol–water partition coefficient (Wildman–Crippen LogP) is 1.45. The van der Waals surface area contributed by atoms with E-state index < -0.39 is 0 Å². The number of nitrogens with zero attached hydrogens (tertiary/aromatic N) is 4. The van der Waals surface area contributed by atoms with Crippen LogP contribution in [0.5, 0.6) is 0 Å². The van der Waals surface area contributed by atoms with E-state index in [0.29, 0.717) is 24.8 Å². The Bertz CT molecular complexity index is 851. The highest BCUT2D eigenvalue weighted by Gasteiger charge is 2.45. The Balaban J connectivity index is 1.35. The smallest absolute Gasteiger partial charge is 0.255 e. The number of rotatable bonds is 3. The molecule has 2 fully saturated rings. The Labute approximate surface area is 150 Å². The Kier molecular flexibility index (Phi) is 4.36. The van der Waals surface area contributed by atoms with Crippen LogP contribution in [-0.2, 0) is 16.1 Å². The maximum atomic E-state index is 12.5. The zero-order valence-electron chi connectivity index (χ0n) is 14.8. The quantitative estimate of drug-likeness (QED) is 0.825. The van der Waals surface area contributed by atoms with Crippen LogP contribution >= 0.6 is 0 Å². The van der Waals surface area contributed by atoms with Gasteiger partial charge in [0.2, 0.25) is 5.91 Å². The van der Waals surface area contributed by atoms with Crippen LogP contribution in [0.3, 0.4) is 0 Å². The van der Waals surface area contributed by atoms with Crippen molar-refractivity contribution >= 4 is 5.91 Å². The molecule has 0 aromatic carbocycles. The molecule has 1 unspecified atom stereocenters. The van der Waals surface area contributed by atoms with E-state index in [1.165, 1.54) is 10.6 Å². The molecule has 1 amide bonds. The lowest BCUT2D eigenvalue weighted by molar-refractivity contribution is -0.139. The number of pyridine rings is 1. The minimum absolute atomic E-state index is 0.0322. The van der Waals surface area contributed by atoms with E-state index in [0.717, 1.165) is 25.7 Å². The summed E-state index contributed by atoms with van der Waals surface area (Å²) < 4.78 is 12.9. The first-order chi connectivity index (χ1) is 12.5. The van der Waals surface area contributed by atoms with Crippen LogP contribution in [0, 0.1) is 6.92 Å². The molecule has 8 nitrogen and oxygen atoms in total. The van der Waals surface area contributed by atoms with Gasteiger partial charge in [-0.2, -0.15) is 4.98 Å². The third kappa shape index (κ3) is 3.29. The van der Waals surface area contributed by atoms with Gasteiger partial charge in [-0.3, -0.25) is 9.59 Å². The molecule has 2 aliphatic heterocycles. The number of hydrogen-bond donors (Lipinski definition) is 0. The Morgan fingerprint density at radius 3 is 2.81 bits per heavy atom. The zero-order chi connectivity index (χ0) is 18.1. The van der Waals surface area contributed by atoms with E-state index in [-0.39, 0.29) is 29.7 Å². The molecule has 0 radical (unpaired) electrons. The second-order valence-electron chi connectivity index (χ2n) is 7.06. The van der Waals surface area contributed by atoms with Crippen molar-refractivity contribution in [2.24, 2.45) is 0 Å². The number of ether oxygens (including phenoxy) is 1. The van der Waals surface area contributed by atoms with E-state index in [1.54, 1.807) is 25.3 Å². The van der Waals surface area contributed by atoms with E-state index in [4.69, 9.17) is 9.26 Å². The van der Waals surface area contributed by atoms with Gasteiger partial charge in [0.05, 0.1) is 5.60 Å². The molecule has 0 bridgehead atoms. The summed E-state index contributed by atoms with van der Waals surface area (Å²) in [5.41, 5.74) is -0.376. The first kappa shape index (κ1) is 17.0. The van der Waals surface area contributed by atoms with E-state index in [2.05, 4.69) is 10.1 Å². The van der Waals surface area contributed by atoms with Gasteiger partial charge in [0.15, 0.2) is 5.82 Å². The second-order valence-corrected chi connectivity index (χ2v) is 7.06. The lowest BCUT2D eigenvalue weighted by atomic mass is 9.88. The van der Waals surface area contributed by atoms with Crippen LogP contribution in [0.2, 0.25) is 0 Å². The van der Waals surface area contributed by atoms with Crippen molar-refractivity contribution < 1.29 is 14.1 Å². The van der Waals surface area contributed by atoms with Gasteiger partial charge in [0.25, 0.3) is 11.4 Å². The van der Waals surface area contributed by atoms with Crippen LogP contribution < -0.4 is 5.56 Å². The number of piperidine rings is 1. The first-order valence-corrected chi connectivity index (χ1v) is 8.96. The summed E-state index contributed by atoms with van der Waals surface area (Å²) in [6.07, 6.45) is 4.84. The Morgan fingerprint density at radius 1 is 1.31 bits per heavy atom. The molecule has 0 aliphatic carbocycles. The number of aromatic nitrogens is 3. The van der Waals surface area contributed by atoms with Gasteiger partial charge >= 0.3 is 0 Å². The summed E-state index contributed by atoms with van der Waals surface area (Å²) in [6.45, 7) is 3.14. The molecule has 1 spiro atoms. The molecule has 1 atom stereocenters. The molecule has 4 rings (SSSR count). The van der Waals surface area contributed by atoms with Crippen LogP contribution in [0.15, 0.2) is 33.7 Å². The Hall–Kier alpha value is -2.48. The van der Waals surface area contributed by atoms with Crippen molar-refractivity contribution in [2.45, 2.75) is 50.9 Å². The highest BCUT2D eigenvalue weighted by atomic mass is 16.5. The summed E-state index contributed by atoms with van der Waals surface area (Å²) in [6, 6.07) is 4.89. The molecule has 8 heteroatoms. The predicted molar refractivity (Wildman–Crippen MR) is 91.3 cm³/mol. The van der Waals surface area contributed by atoms with E-state index >= 15 is 0 Å². The summed E-state index contributed by atoms with van der Waals surface area (Å²) >= 11 is 0. The average molecular weight is 358 g/mol. The normalized spacial score (nSPS) is 22.0. The van der Waals surface area contributed by atoms with Gasteiger partial charge in [-0.25, -0.2) is 0 Å². The third-order valence-corrected chi connectivity index (χ3v) is 5.31. The molecule has 2 aromatic heterocycles. The van der Waals surface area contributed by atoms with Gasteiger partial charge in [0.1, 0.15) is 12.6 Å². The van der Waals surface area contributed by atoms with Crippen molar-refractivity contribution in [3.8, 4) is 0 Å². The van der Waals surface area contributed by atoms with Gasteiger partial charge in [-0.05, 0) is 38.7 Å². The third-order valence-electron chi connectivity index (χ3n) is 5.31. The lowest BCUT2D eigenvalue weighted by Gasteiger charge is -2.39. The van der Waals surface area contributed by atoms with Crippen LogP contribution in [-0.4, -0.2) is 44.2 Å². The number of likely N-dealkylation sites (tertiary alicyclic amines) is 1. The Morgan fingerprint density at radius 2 is 2.12 bits per heavy atom. The molecule has 2 aliphatic rings. The monoisotopic (exact) mass is 358 g/mol. The maximum Gasteiger partial charge on any atom is 0.255 e. The highest BCUT2D eigenvalue weighted by Crippen LogP contribution is 2.44. The fourth-order valence-corrected chi connectivity index (χ4v) is 3.80. The van der Waals surface area contributed by atoms with Gasteiger partial charge in [-0.1, -0.05) is 11.2 Å². The minimum atomic E-state index is -0.215. The lowest BCUT2D eigenvalue weighted by Crippen LogP contribution is -2.47. The maximum absolute atomic E-state index is 12.5. The summed E-state index contributed by atoms with van der Waals surface area (Å²) in [4.78, 5) is 30.4. The van der Waals surface area contributed by atoms with Crippen LogP contribution in [0.1, 0.15) is 43.5 Å². The molecular formula is C18H22N4O4. The largest absolute Gasteiger partial charge is 0.362 e. The van der Waals surface area contributed by atoms with Crippen LogP contribution in [0.25, 0.3) is 0 Å². The van der Waals surface area contributed by atoms with Crippen molar-refractivity contribution in [2.75, 3.05) is 13.1 Å². The molecule has 26 heavy (non-hydrogen) atoms. The van der Waals surface area contributed by atoms with Gasteiger partial charge < -0.3 is 18.7 Å². The van der Waals surface area contributed by atoms with Gasteiger partial charge in [-0.15, -0.1) is 0 Å².